The summed E-state index contributed by atoms with van der Waals surface area (Å²) in [5.41, 5.74) is 0. The Bertz CT molecular complexity index is 1690. The van der Waals surface area contributed by atoms with Crippen molar-refractivity contribution in [2.24, 2.45) is 0 Å². The van der Waals surface area contributed by atoms with Gasteiger partial charge in [0.25, 0.3) is 0 Å². The van der Waals surface area contributed by atoms with Crippen molar-refractivity contribution >= 4 is 11.9 Å². The molecular formula is C74H131NO10. The van der Waals surface area contributed by atoms with Gasteiger partial charge in [0, 0.05) is 12.8 Å². The largest absolute Gasteiger partial charge is 0.466 e. The van der Waals surface area contributed by atoms with E-state index < -0.39 is 49.5 Å². The van der Waals surface area contributed by atoms with E-state index in [1.54, 1.807) is 6.08 Å². The standard InChI is InChI=1S/C74H131NO10/c1-3-5-7-9-11-13-14-15-16-17-29-33-36-39-42-46-50-54-58-62-70(79)83-63-59-55-51-47-43-40-37-34-31-28-26-24-22-20-18-19-21-23-25-27-30-32-35-38-41-45-49-53-57-61-69(78)75-66(67(77)60-56-52-48-44-12-10-8-6-4-2)65-84-74-73(82)72(81)71(80)68(64-76)85-74/h4,6,11-13,15-16,18,20,24,26,44,56,60,66-68,71-74,76-77,80-82H,3,5,7-10,14,17,19,21-23,25,27-43,45-55,57-59,61-65H2,1-2H3,(H,75,78)/b6-4+,13-11-,16-15-,20-18-,26-24-,44-12+,60-56+. The molecule has 0 radical (unpaired) electrons. The molecule has 0 aromatic heterocycles. The molecule has 1 amide bonds. The monoisotopic (exact) mass is 1190 g/mol. The van der Waals surface area contributed by atoms with Crippen LogP contribution < -0.4 is 5.32 Å². The van der Waals surface area contributed by atoms with Gasteiger partial charge in [-0.25, -0.2) is 0 Å². The van der Waals surface area contributed by atoms with Gasteiger partial charge in [-0.05, 0) is 116 Å². The maximum absolute atomic E-state index is 13.0. The molecule has 0 aliphatic carbocycles. The summed E-state index contributed by atoms with van der Waals surface area (Å²) in [6, 6.07) is -0.836. The summed E-state index contributed by atoms with van der Waals surface area (Å²) < 4.78 is 16.7. The zero-order chi connectivity index (χ0) is 61.6. The SMILES string of the molecule is C/C=C/CC/C=C/CC/C=C/C(O)C(COC1OC(CO)C(O)C(O)C1O)NC(=O)CCCCCCCCCCCCCCC/C=C\C/C=C\CCCCCCCCCCCOC(=O)CCCCCCCCCCC/C=C\C/C=C\CCCCC. The first-order valence-electron chi connectivity index (χ1n) is 35.3. The molecule has 1 heterocycles. The molecule has 1 fully saturated rings. The summed E-state index contributed by atoms with van der Waals surface area (Å²) in [6.45, 7) is 4.07. The third-order valence-electron chi connectivity index (χ3n) is 16.3. The number of carbonyl (C=O) groups excluding carboxylic acids is 2. The molecule has 11 heteroatoms. The van der Waals surface area contributed by atoms with Crippen molar-refractivity contribution in [1.29, 1.82) is 0 Å². The average Bonchev–Trinajstić information content (AvgIpc) is 3.66. The average molecular weight is 1190 g/mol. The fourth-order valence-electron chi connectivity index (χ4n) is 10.7. The Morgan fingerprint density at radius 3 is 1.29 bits per heavy atom. The molecule has 1 rings (SSSR count). The molecule has 1 saturated heterocycles. The first kappa shape index (κ1) is 79.9. The van der Waals surface area contributed by atoms with Crippen LogP contribution in [0.25, 0.3) is 0 Å². The van der Waals surface area contributed by atoms with Crippen molar-refractivity contribution in [1.82, 2.24) is 5.32 Å². The van der Waals surface area contributed by atoms with Gasteiger partial charge in [-0.3, -0.25) is 9.59 Å². The molecule has 492 valence electrons. The Balaban J connectivity index is 1.93. The van der Waals surface area contributed by atoms with Crippen LogP contribution in [0.1, 0.15) is 309 Å². The molecule has 1 aliphatic heterocycles. The number of carbonyl (C=O) groups is 2. The van der Waals surface area contributed by atoms with Gasteiger partial charge in [0.2, 0.25) is 5.91 Å². The summed E-state index contributed by atoms with van der Waals surface area (Å²) in [5.74, 6) is -0.203. The minimum absolute atomic E-state index is 0.00168. The summed E-state index contributed by atoms with van der Waals surface area (Å²) in [6.07, 6.45) is 76.1. The summed E-state index contributed by atoms with van der Waals surface area (Å²) in [7, 11) is 0. The fourth-order valence-corrected chi connectivity index (χ4v) is 10.7. The lowest BCUT2D eigenvalue weighted by Gasteiger charge is -2.40. The first-order valence-corrected chi connectivity index (χ1v) is 35.3. The van der Waals surface area contributed by atoms with Gasteiger partial charge >= 0.3 is 5.97 Å². The lowest BCUT2D eigenvalue weighted by Crippen LogP contribution is -2.60. The second-order valence-electron chi connectivity index (χ2n) is 24.2. The molecule has 1 aliphatic rings. The molecule has 0 aromatic rings. The van der Waals surface area contributed by atoms with Gasteiger partial charge < -0.3 is 45.1 Å². The van der Waals surface area contributed by atoms with Crippen molar-refractivity contribution < 1.29 is 49.3 Å². The van der Waals surface area contributed by atoms with Crippen LogP contribution in [0.4, 0.5) is 0 Å². The molecule has 0 saturated carbocycles. The Labute approximate surface area is 521 Å². The molecule has 0 aromatic carbocycles. The number of aliphatic hydroxyl groups excluding tert-OH is 5. The first-order chi connectivity index (χ1) is 41.7. The van der Waals surface area contributed by atoms with Crippen LogP contribution in [0.3, 0.4) is 0 Å². The predicted molar refractivity (Wildman–Crippen MR) is 356 cm³/mol. The van der Waals surface area contributed by atoms with E-state index in [0.29, 0.717) is 19.4 Å². The number of hydrogen-bond donors (Lipinski definition) is 6. The second kappa shape index (κ2) is 62.4. The van der Waals surface area contributed by atoms with Crippen molar-refractivity contribution in [2.45, 2.75) is 352 Å². The number of unbranched alkanes of at least 4 members (excludes halogenated alkanes) is 36. The van der Waals surface area contributed by atoms with E-state index in [-0.39, 0.29) is 18.5 Å². The highest BCUT2D eigenvalue weighted by Gasteiger charge is 2.44. The van der Waals surface area contributed by atoms with Crippen LogP contribution in [0.15, 0.2) is 85.1 Å². The minimum atomic E-state index is -1.58. The number of rotatable bonds is 61. The van der Waals surface area contributed by atoms with Crippen molar-refractivity contribution in [2.75, 3.05) is 19.8 Å². The molecule has 7 unspecified atom stereocenters. The number of esters is 1. The minimum Gasteiger partial charge on any atom is -0.466 e. The third-order valence-corrected chi connectivity index (χ3v) is 16.3. The van der Waals surface area contributed by atoms with Gasteiger partial charge in [0.05, 0.1) is 32.0 Å². The van der Waals surface area contributed by atoms with Crippen LogP contribution in [-0.4, -0.2) is 100 Å². The lowest BCUT2D eigenvalue weighted by atomic mass is 9.99. The fraction of sp³-hybridized carbons (Fsp3) is 0.784. The third kappa shape index (κ3) is 51.4. The van der Waals surface area contributed by atoms with Crippen LogP contribution >= 0.6 is 0 Å². The van der Waals surface area contributed by atoms with Crippen molar-refractivity contribution in [3.8, 4) is 0 Å². The summed E-state index contributed by atoms with van der Waals surface area (Å²) in [5, 5.41) is 54.2. The van der Waals surface area contributed by atoms with E-state index in [4.69, 9.17) is 14.2 Å². The number of nitrogens with one attached hydrogen (secondary N) is 1. The molecule has 85 heavy (non-hydrogen) atoms. The van der Waals surface area contributed by atoms with Gasteiger partial charge in [0.1, 0.15) is 24.4 Å². The van der Waals surface area contributed by atoms with Gasteiger partial charge in [-0.2, -0.15) is 0 Å². The highest BCUT2D eigenvalue weighted by molar-refractivity contribution is 5.76. The number of amides is 1. The van der Waals surface area contributed by atoms with Gasteiger partial charge in [-0.15, -0.1) is 0 Å². The van der Waals surface area contributed by atoms with Crippen molar-refractivity contribution in [3.63, 3.8) is 0 Å². The molecule has 0 bridgehead atoms. The van der Waals surface area contributed by atoms with Gasteiger partial charge in [-0.1, -0.05) is 265 Å². The van der Waals surface area contributed by atoms with Crippen LogP contribution in [0.5, 0.6) is 0 Å². The normalized spacial score (nSPS) is 18.5. The number of hydrogen-bond acceptors (Lipinski definition) is 10. The highest BCUT2D eigenvalue weighted by atomic mass is 16.7. The van der Waals surface area contributed by atoms with Crippen LogP contribution in [-0.2, 0) is 23.8 Å². The quantitative estimate of drug-likeness (QED) is 0.0195. The smallest absolute Gasteiger partial charge is 0.305 e. The number of aliphatic hydroxyl groups is 5. The molecular weight excluding hydrogens is 1060 g/mol. The van der Waals surface area contributed by atoms with E-state index in [9.17, 15) is 35.1 Å². The Morgan fingerprint density at radius 2 is 0.847 bits per heavy atom. The van der Waals surface area contributed by atoms with E-state index in [1.807, 2.05) is 19.1 Å². The predicted octanol–water partition coefficient (Wildman–Crippen LogP) is 18.1. The van der Waals surface area contributed by atoms with E-state index in [1.165, 1.54) is 205 Å². The topological polar surface area (TPSA) is 175 Å². The molecule has 11 nitrogen and oxygen atoms in total. The van der Waals surface area contributed by atoms with E-state index in [2.05, 4.69) is 79.1 Å². The Morgan fingerprint density at radius 1 is 0.459 bits per heavy atom. The van der Waals surface area contributed by atoms with E-state index in [0.717, 1.165) is 77.0 Å². The highest BCUT2D eigenvalue weighted by Crippen LogP contribution is 2.23. The van der Waals surface area contributed by atoms with Gasteiger partial charge in [0.15, 0.2) is 6.29 Å². The lowest BCUT2D eigenvalue weighted by molar-refractivity contribution is -0.302. The summed E-state index contributed by atoms with van der Waals surface area (Å²) in [4.78, 5) is 25.1. The molecule has 7 atom stereocenters. The Kier molecular flexibility index (Phi) is 58.7. The zero-order valence-electron chi connectivity index (χ0n) is 54.5. The molecule has 0 spiro atoms. The van der Waals surface area contributed by atoms with Crippen LogP contribution in [0, 0.1) is 0 Å². The maximum atomic E-state index is 13.0. The zero-order valence-corrected chi connectivity index (χ0v) is 54.5. The molecule has 6 N–H and O–H groups in total. The Hall–Kier alpha value is -3.16. The summed E-state index contributed by atoms with van der Waals surface area (Å²) >= 11 is 0. The van der Waals surface area contributed by atoms with E-state index >= 15 is 0 Å². The second-order valence-corrected chi connectivity index (χ2v) is 24.2. The van der Waals surface area contributed by atoms with Crippen LogP contribution in [0.2, 0.25) is 0 Å². The maximum Gasteiger partial charge on any atom is 0.305 e. The van der Waals surface area contributed by atoms with Crippen molar-refractivity contribution in [3.05, 3.63) is 85.1 Å². The number of ether oxygens (including phenoxy) is 3. The number of allylic oxidation sites excluding steroid dienone is 13.